The zero-order valence-electron chi connectivity index (χ0n) is 12.9. The first kappa shape index (κ1) is 16.4. The quantitative estimate of drug-likeness (QED) is 0.691. The van der Waals surface area contributed by atoms with Crippen LogP contribution >= 0.6 is 39.0 Å². The molecule has 2 aromatic rings. The molecule has 24 heavy (non-hydrogen) atoms. The van der Waals surface area contributed by atoms with Crippen molar-refractivity contribution in [3.63, 3.8) is 0 Å². The van der Waals surface area contributed by atoms with E-state index < -0.39 is 0 Å². The summed E-state index contributed by atoms with van der Waals surface area (Å²) in [4.78, 5) is 2.23. The zero-order valence-corrected chi connectivity index (χ0v) is 16.1. The van der Waals surface area contributed by atoms with E-state index >= 15 is 0 Å². The first-order chi connectivity index (χ1) is 11.8. The van der Waals surface area contributed by atoms with E-state index in [0.29, 0.717) is 13.2 Å². The Hall–Kier alpha value is -1.03. The number of morpholine rings is 1. The van der Waals surface area contributed by atoms with Gasteiger partial charge < -0.3 is 19.1 Å². The Balaban J connectivity index is 1.42. The number of fused-ring (bicyclic) bond motifs is 1. The Morgan fingerprint density at radius 2 is 1.83 bits per heavy atom. The molecule has 0 saturated carbocycles. The Labute approximate surface area is 156 Å². The molecule has 0 spiro atoms. The molecular weight excluding hydrogens is 414 g/mol. The highest BCUT2D eigenvalue weighted by molar-refractivity contribution is 9.10. The molecular formula is C15H16BrN3O3S2. The number of rotatable bonds is 4. The van der Waals surface area contributed by atoms with E-state index in [9.17, 15) is 0 Å². The van der Waals surface area contributed by atoms with Crippen LogP contribution in [0.25, 0.3) is 0 Å². The molecule has 0 atom stereocenters. The van der Waals surface area contributed by atoms with Crippen molar-refractivity contribution in [3.05, 3.63) is 22.2 Å². The Morgan fingerprint density at radius 3 is 2.62 bits per heavy atom. The van der Waals surface area contributed by atoms with E-state index in [1.54, 1.807) is 23.1 Å². The minimum absolute atomic E-state index is 0.598. The predicted molar refractivity (Wildman–Crippen MR) is 97.6 cm³/mol. The van der Waals surface area contributed by atoms with Crippen LogP contribution in [0.4, 0.5) is 5.13 Å². The number of thioether (sulfide) groups is 1. The molecule has 1 aromatic carbocycles. The van der Waals surface area contributed by atoms with Crippen molar-refractivity contribution < 1.29 is 14.2 Å². The summed E-state index contributed by atoms with van der Waals surface area (Å²) < 4.78 is 18.6. The van der Waals surface area contributed by atoms with E-state index in [1.807, 2.05) is 12.1 Å². The fourth-order valence-corrected chi connectivity index (χ4v) is 5.03. The third-order valence-electron chi connectivity index (χ3n) is 3.74. The van der Waals surface area contributed by atoms with Gasteiger partial charge in [0.05, 0.1) is 13.2 Å². The molecule has 1 saturated heterocycles. The largest absolute Gasteiger partial charge is 0.486 e. The second-order valence-corrected chi connectivity index (χ2v) is 8.36. The fraction of sp³-hybridized carbons (Fsp3) is 0.467. The topological polar surface area (TPSA) is 56.7 Å². The molecule has 0 N–H and O–H groups in total. The number of benzene rings is 1. The van der Waals surface area contributed by atoms with Crippen LogP contribution in [0.15, 0.2) is 20.9 Å². The monoisotopic (exact) mass is 429 g/mol. The highest BCUT2D eigenvalue weighted by atomic mass is 79.9. The molecule has 0 radical (unpaired) electrons. The number of ether oxygens (including phenoxy) is 3. The third kappa shape index (κ3) is 3.63. The minimum atomic E-state index is 0.598. The SMILES string of the molecule is Brc1cc2c(cc1CSc1nnc(N3CCOCC3)s1)OCCO2. The lowest BCUT2D eigenvalue weighted by atomic mass is 10.2. The number of halogens is 1. The first-order valence-corrected chi connectivity index (χ1v) is 10.3. The van der Waals surface area contributed by atoms with Crippen molar-refractivity contribution in [2.75, 3.05) is 44.4 Å². The highest BCUT2D eigenvalue weighted by Gasteiger charge is 2.18. The van der Waals surface area contributed by atoms with Gasteiger partial charge in [-0.3, -0.25) is 0 Å². The van der Waals surface area contributed by atoms with Crippen LogP contribution in [0.2, 0.25) is 0 Å². The number of hydrogen-bond acceptors (Lipinski definition) is 8. The maximum atomic E-state index is 5.66. The lowest BCUT2D eigenvalue weighted by Crippen LogP contribution is -2.36. The molecule has 9 heteroatoms. The summed E-state index contributed by atoms with van der Waals surface area (Å²) in [5, 5.41) is 9.58. The lowest BCUT2D eigenvalue weighted by molar-refractivity contribution is 0.122. The van der Waals surface area contributed by atoms with Crippen molar-refractivity contribution in [1.29, 1.82) is 0 Å². The van der Waals surface area contributed by atoms with Crippen LogP contribution in [0.1, 0.15) is 5.56 Å². The molecule has 0 amide bonds. The minimum Gasteiger partial charge on any atom is -0.486 e. The highest BCUT2D eigenvalue weighted by Crippen LogP contribution is 2.38. The van der Waals surface area contributed by atoms with Crippen LogP contribution in [-0.2, 0) is 10.5 Å². The van der Waals surface area contributed by atoms with Crippen LogP contribution in [0, 0.1) is 0 Å². The zero-order chi connectivity index (χ0) is 16.4. The molecule has 0 bridgehead atoms. The Bertz CT molecular complexity index is 722. The summed E-state index contributed by atoms with van der Waals surface area (Å²) in [6.07, 6.45) is 0. The average Bonchev–Trinajstić information content (AvgIpc) is 3.10. The molecule has 1 aromatic heterocycles. The van der Waals surface area contributed by atoms with Gasteiger partial charge in [-0.15, -0.1) is 10.2 Å². The van der Waals surface area contributed by atoms with Gasteiger partial charge in [-0.25, -0.2) is 0 Å². The van der Waals surface area contributed by atoms with Crippen LogP contribution in [0.5, 0.6) is 11.5 Å². The molecule has 0 unspecified atom stereocenters. The maximum Gasteiger partial charge on any atom is 0.209 e. The summed E-state index contributed by atoms with van der Waals surface area (Å²) in [6.45, 7) is 4.47. The maximum absolute atomic E-state index is 5.66. The standard InChI is InChI=1S/C15H16BrN3O3S2/c16-11-8-13-12(21-5-6-22-13)7-10(11)9-23-15-18-17-14(24-15)19-1-3-20-4-2-19/h7-8H,1-6,9H2. The van der Waals surface area contributed by atoms with Crippen LogP contribution in [0.3, 0.4) is 0 Å². The van der Waals surface area contributed by atoms with Crippen molar-refractivity contribution in [3.8, 4) is 11.5 Å². The van der Waals surface area contributed by atoms with Gasteiger partial charge in [0, 0.05) is 23.3 Å². The normalized spacial score (nSPS) is 17.1. The van der Waals surface area contributed by atoms with Crippen LogP contribution < -0.4 is 14.4 Å². The summed E-state index contributed by atoms with van der Waals surface area (Å²) in [6, 6.07) is 4.01. The van der Waals surface area contributed by atoms with Crippen molar-refractivity contribution >= 4 is 44.2 Å². The summed E-state index contributed by atoms with van der Waals surface area (Å²) >= 11 is 6.93. The number of nitrogens with zero attached hydrogens (tertiary/aromatic N) is 3. The van der Waals surface area contributed by atoms with Gasteiger partial charge in [0.15, 0.2) is 15.8 Å². The van der Waals surface area contributed by atoms with E-state index in [4.69, 9.17) is 14.2 Å². The number of anilines is 1. The van der Waals surface area contributed by atoms with E-state index in [2.05, 4.69) is 31.0 Å². The van der Waals surface area contributed by atoms with Crippen molar-refractivity contribution in [1.82, 2.24) is 10.2 Å². The smallest absolute Gasteiger partial charge is 0.209 e. The average molecular weight is 430 g/mol. The molecule has 2 aliphatic rings. The first-order valence-electron chi connectivity index (χ1n) is 7.66. The molecule has 6 nitrogen and oxygen atoms in total. The van der Waals surface area contributed by atoms with Gasteiger partial charge in [0.1, 0.15) is 13.2 Å². The number of hydrogen-bond donors (Lipinski definition) is 0. The predicted octanol–water partition coefficient (Wildman–Crippen LogP) is 3.20. The van der Waals surface area contributed by atoms with E-state index in [0.717, 1.165) is 63.1 Å². The summed E-state index contributed by atoms with van der Waals surface area (Å²) in [5.41, 5.74) is 1.16. The lowest BCUT2D eigenvalue weighted by Gasteiger charge is -2.25. The molecule has 128 valence electrons. The number of aromatic nitrogens is 2. The third-order valence-corrected chi connectivity index (χ3v) is 6.64. The molecule has 1 fully saturated rings. The van der Waals surface area contributed by atoms with Gasteiger partial charge >= 0.3 is 0 Å². The summed E-state index contributed by atoms with van der Waals surface area (Å²) in [5.74, 6) is 2.41. The Morgan fingerprint density at radius 1 is 1.08 bits per heavy atom. The molecule has 2 aliphatic heterocycles. The van der Waals surface area contributed by atoms with Crippen molar-refractivity contribution in [2.24, 2.45) is 0 Å². The second kappa shape index (κ2) is 7.47. The van der Waals surface area contributed by atoms with E-state index in [-0.39, 0.29) is 0 Å². The van der Waals surface area contributed by atoms with Gasteiger partial charge in [0.25, 0.3) is 0 Å². The van der Waals surface area contributed by atoms with Crippen LogP contribution in [-0.4, -0.2) is 49.7 Å². The molecule has 3 heterocycles. The Kier molecular flexibility index (Phi) is 5.11. The van der Waals surface area contributed by atoms with Gasteiger partial charge in [0.2, 0.25) is 5.13 Å². The molecule has 0 aliphatic carbocycles. The molecule has 4 rings (SSSR count). The van der Waals surface area contributed by atoms with Gasteiger partial charge in [-0.05, 0) is 17.7 Å². The van der Waals surface area contributed by atoms with Gasteiger partial charge in [-0.2, -0.15) is 0 Å². The van der Waals surface area contributed by atoms with Crippen molar-refractivity contribution in [2.45, 2.75) is 10.1 Å². The van der Waals surface area contributed by atoms with Gasteiger partial charge in [-0.1, -0.05) is 39.0 Å². The summed E-state index contributed by atoms with van der Waals surface area (Å²) in [7, 11) is 0. The second-order valence-electron chi connectivity index (χ2n) is 5.33. The fourth-order valence-electron chi connectivity index (χ4n) is 2.50. The van der Waals surface area contributed by atoms with E-state index in [1.165, 1.54) is 0 Å².